The highest BCUT2D eigenvalue weighted by atomic mass is 16.3. The fraction of sp³-hybridized carbons (Fsp3) is 0.765. The number of nitrogens with zero attached hydrogens (tertiary/aromatic N) is 4. The average molecular weight is 335 g/mol. The van der Waals surface area contributed by atoms with Gasteiger partial charge >= 0.3 is 0 Å². The molecule has 0 spiro atoms. The number of piperidine rings is 1. The Hall–Kier alpha value is -1.44. The predicted molar refractivity (Wildman–Crippen MR) is 94.3 cm³/mol. The first-order valence-electron chi connectivity index (χ1n) is 8.98. The van der Waals surface area contributed by atoms with E-state index in [1.165, 1.54) is 36.6 Å². The van der Waals surface area contributed by atoms with Crippen LogP contribution in [0.5, 0.6) is 0 Å². The van der Waals surface area contributed by atoms with E-state index in [0.717, 1.165) is 26.2 Å². The number of rotatable bonds is 6. The molecule has 0 aliphatic carbocycles. The Kier molecular flexibility index (Phi) is 5.53. The van der Waals surface area contributed by atoms with Crippen molar-refractivity contribution >= 4 is 5.82 Å². The molecule has 0 aromatic carbocycles. The molecule has 0 unspecified atom stereocenters. The summed E-state index contributed by atoms with van der Waals surface area (Å²) in [5.41, 5.74) is -0.913. The maximum atomic E-state index is 12.3. The van der Waals surface area contributed by atoms with Crippen LogP contribution in [0.1, 0.15) is 25.7 Å². The first-order chi connectivity index (χ1) is 11.5. The number of hydrogen-bond acceptors (Lipinski definition) is 6. The van der Waals surface area contributed by atoms with Gasteiger partial charge in [0.2, 0.25) is 0 Å². The Labute approximate surface area is 143 Å². The van der Waals surface area contributed by atoms with Crippen LogP contribution in [0.15, 0.2) is 17.2 Å². The second-order valence-electron chi connectivity index (χ2n) is 7.24. The van der Waals surface area contributed by atoms with Crippen LogP contribution in [-0.4, -0.2) is 76.4 Å². The van der Waals surface area contributed by atoms with E-state index in [9.17, 15) is 9.90 Å². The lowest BCUT2D eigenvalue weighted by atomic mass is 9.91. The topological polar surface area (TPSA) is 73.6 Å². The molecule has 1 aromatic heterocycles. The molecular formula is C17H29N5O2. The van der Waals surface area contributed by atoms with Crippen LogP contribution in [0.25, 0.3) is 0 Å². The van der Waals surface area contributed by atoms with Crippen molar-refractivity contribution in [2.24, 2.45) is 0 Å². The van der Waals surface area contributed by atoms with Crippen LogP contribution >= 0.6 is 0 Å². The molecule has 134 valence electrons. The third-order valence-corrected chi connectivity index (χ3v) is 5.19. The van der Waals surface area contributed by atoms with Crippen molar-refractivity contribution in [2.45, 2.75) is 37.8 Å². The molecule has 2 fully saturated rings. The van der Waals surface area contributed by atoms with Gasteiger partial charge in [0, 0.05) is 32.2 Å². The zero-order chi connectivity index (χ0) is 17.0. The highest BCUT2D eigenvalue weighted by Crippen LogP contribution is 2.22. The lowest BCUT2D eigenvalue weighted by molar-refractivity contribution is -0.0299. The van der Waals surface area contributed by atoms with Crippen LogP contribution < -0.4 is 10.9 Å². The number of aliphatic hydroxyl groups is 1. The van der Waals surface area contributed by atoms with Gasteiger partial charge in [0.25, 0.3) is 5.56 Å². The van der Waals surface area contributed by atoms with E-state index in [1.807, 2.05) is 0 Å². The number of aromatic nitrogens is 2. The van der Waals surface area contributed by atoms with Crippen LogP contribution in [0.4, 0.5) is 5.82 Å². The van der Waals surface area contributed by atoms with E-state index in [0.29, 0.717) is 25.2 Å². The molecule has 3 rings (SSSR count). The van der Waals surface area contributed by atoms with E-state index in [4.69, 9.17) is 0 Å². The summed E-state index contributed by atoms with van der Waals surface area (Å²) >= 11 is 0. The molecule has 3 heterocycles. The second-order valence-corrected chi connectivity index (χ2v) is 7.24. The van der Waals surface area contributed by atoms with Gasteiger partial charge in [-0.2, -0.15) is 0 Å². The van der Waals surface area contributed by atoms with E-state index in [1.54, 1.807) is 6.33 Å². The van der Waals surface area contributed by atoms with Gasteiger partial charge in [-0.1, -0.05) is 0 Å². The molecule has 0 bridgehead atoms. The minimum Gasteiger partial charge on any atom is -0.388 e. The normalized spacial score (nSPS) is 21.9. The minimum atomic E-state index is -0.803. The maximum Gasteiger partial charge on any atom is 0.255 e. The SMILES string of the molecule is CN1CCC(O)(Cn2cnc(NCCN3CCCC3)cc2=O)CC1. The Morgan fingerprint density at radius 1 is 1.25 bits per heavy atom. The standard InChI is InChI=1S/C17H29N5O2/c1-20-9-4-17(24,5-10-20)13-22-14-19-15(12-16(22)23)18-6-11-21-7-2-3-8-21/h12,14,18,24H,2-11,13H2,1H3. The molecule has 2 aliphatic rings. The summed E-state index contributed by atoms with van der Waals surface area (Å²) in [6.45, 7) is 6.16. The molecule has 7 heteroatoms. The van der Waals surface area contributed by atoms with Crippen molar-refractivity contribution in [3.05, 3.63) is 22.7 Å². The van der Waals surface area contributed by atoms with Gasteiger partial charge in [0.05, 0.1) is 18.5 Å². The second kappa shape index (κ2) is 7.63. The smallest absolute Gasteiger partial charge is 0.255 e. The molecule has 1 aromatic rings. The van der Waals surface area contributed by atoms with Crippen molar-refractivity contribution in [3.63, 3.8) is 0 Å². The minimum absolute atomic E-state index is 0.110. The van der Waals surface area contributed by atoms with Crippen molar-refractivity contribution in [2.75, 3.05) is 51.6 Å². The first-order valence-corrected chi connectivity index (χ1v) is 8.98. The molecule has 2 aliphatic heterocycles. The molecular weight excluding hydrogens is 306 g/mol. The molecule has 0 amide bonds. The van der Waals surface area contributed by atoms with Gasteiger partial charge in [-0.15, -0.1) is 0 Å². The van der Waals surface area contributed by atoms with E-state index in [-0.39, 0.29) is 5.56 Å². The van der Waals surface area contributed by atoms with Gasteiger partial charge in [-0.25, -0.2) is 4.98 Å². The monoisotopic (exact) mass is 335 g/mol. The van der Waals surface area contributed by atoms with Gasteiger partial charge in [0.15, 0.2) is 0 Å². The van der Waals surface area contributed by atoms with Crippen molar-refractivity contribution < 1.29 is 5.11 Å². The predicted octanol–water partition coefficient (Wildman–Crippen LogP) is 0.208. The summed E-state index contributed by atoms with van der Waals surface area (Å²) in [6.07, 6.45) is 5.49. The highest BCUT2D eigenvalue weighted by molar-refractivity contribution is 5.31. The first kappa shape index (κ1) is 17.4. The fourth-order valence-corrected chi connectivity index (χ4v) is 3.50. The molecule has 0 radical (unpaired) electrons. The van der Waals surface area contributed by atoms with Gasteiger partial charge in [-0.3, -0.25) is 9.36 Å². The van der Waals surface area contributed by atoms with Gasteiger partial charge < -0.3 is 20.2 Å². The van der Waals surface area contributed by atoms with Crippen LogP contribution in [-0.2, 0) is 6.54 Å². The number of hydrogen-bond donors (Lipinski definition) is 2. The largest absolute Gasteiger partial charge is 0.388 e. The summed E-state index contributed by atoms with van der Waals surface area (Å²) < 4.78 is 1.52. The Morgan fingerprint density at radius 2 is 1.96 bits per heavy atom. The summed E-state index contributed by atoms with van der Waals surface area (Å²) in [6, 6.07) is 1.53. The van der Waals surface area contributed by atoms with Crippen LogP contribution in [0.3, 0.4) is 0 Å². The Bertz CT molecular complexity index is 589. The van der Waals surface area contributed by atoms with Crippen LogP contribution in [0.2, 0.25) is 0 Å². The van der Waals surface area contributed by atoms with E-state index >= 15 is 0 Å². The lowest BCUT2D eigenvalue weighted by Gasteiger charge is -2.36. The number of anilines is 1. The average Bonchev–Trinajstić information content (AvgIpc) is 3.07. The summed E-state index contributed by atoms with van der Waals surface area (Å²) in [5.74, 6) is 0.616. The van der Waals surface area contributed by atoms with E-state index < -0.39 is 5.60 Å². The van der Waals surface area contributed by atoms with Crippen molar-refractivity contribution in [3.8, 4) is 0 Å². The summed E-state index contributed by atoms with van der Waals surface area (Å²) in [4.78, 5) is 21.2. The zero-order valence-electron chi connectivity index (χ0n) is 14.6. The number of nitrogens with one attached hydrogen (secondary N) is 1. The van der Waals surface area contributed by atoms with Crippen molar-refractivity contribution in [1.82, 2.24) is 19.4 Å². The number of likely N-dealkylation sites (tertiary alicyclic amines) is 2. The summed E-state index contributed by atoms with van der Waals surface area (Å²) in [5, 5.41) is 13.9. The zero-order valence-corrected chi connectivity index (χ0v) is 14.6. The molecule has 0 atom stereocenters. The molecule has 7 nitrogen and oxygen atoms in total. The Morgan fingerprint density at radius 3 is 2.62 bits per heavy atom. The molecule has 2 N–H and O–H groups in total. The van der Waals surface area contributed by atoms with E-state index in [2.05, 4.69) is 27.1 Å². The highest BCUT2D eigenvalue weighted by Gasteiger charge is 2.31. The third-order valence-electron chi connectivity index (χ3n) is 5.19. The van der Waals surface area contributed by atoms with Gasteiger partial charge in [-0.05, 0) is 45.8 Å². The quantitative estimate of drug-likeness (QED) is 0.774. The third kappa shape index (κ3) is 4.55. The molecule has 0 saturated carbocycles. The molecule has 2 saturated heterocycles. The summed E-state index contributed by atoms with van der Waals surface area (Å²) in [7, 11) is 2.05. The van der Waals surface area contributed by atoms with Gasteiger partial charge in [0.1, 0.15) is 5.82 Å². The van der Waals surface area contributed by atoms with Crippen molar-refractivity contribution in [1.29, 1.82) is 0 Å². The lowest BCUT2D eigenvalue weighted by Crippen LogP contribution is -2.46. The van der Waals surface area contributed by atoms with Crippen LogP contribution in [0, 0.1) is 0 Å². The fourth-order valence-electron chi connectivity index (χ4n) is 3.50. The molecule has 24 heavy (non-hydrogen) atoms. The Balaban J connectivity index is 1.53. The maximum absolute atomic E-state index is 12.3.